The Balaban J connectivity index is 2.12. The lowest BCUT2D eigenvalue weighted by Gasteiger charge is -2.37. The van der Waals surface area contributed by atoms with Gasteiger partial charge >= 0.3 is 0 Å². The van der Waals surface area contributed by atoms with Crippen molar-refractivity contribution in [1.29, 1.82) is 0 Å². The lowest BCUT2D eigenvalue weighted by Crippen LogP contribution is -2.41. The van der Waals surface area contributed by atoms with Crippen LogP contribution in [0.3, 0.4) is 0 Å². The lowest BCUT2D eigenvalue weighted by molar-refractivity contribution is 0.123. The van der Waals surface area contributed by atoms with Crippen molar-refractivity contribution in [2.45, 2.75) is 45.7 Å². The molecule has 0 amide bonds. The number of piperidine rings is 1. The van der Waals surface area contributed by atoms with Crippen molar-refractivity contribution in [1.82, 2.24) is 10.2 Å². The molecule has 0 radical (unpaired) electrons. The van der Waals surface area contributed by atoms with Crippen molar-refractivity contribution < 1.29 is 4.39 Å². The molecular formula is C17H26BrFN2. The molecule has 1 fully saturated rings. The zero-order valence-electron chi connectivity index (χ0n) is 13.2. The molecule has 2 nitrogen and oxygen atoms in total. The highest BCUT2D eigenvalue weighted by Gasteiger charge is 2.25. The zero-order chi connectivity index (χ0) is 15.4. The Morgan fingerprint density at radius 2 is 1.95 bits per heavy atom. The summed E-state index contributed by atoms with van der Waals surface area (Å²) in [5, 5.41) is 3.41. The third kappa shape index (κ3) is 4.51. The summed E-state index contributed by atoms with van der Waals surface area (Å²) in [6, 6.07) is 5.92. The van der Waals surface area contributed by atoms with Gasteiger partial charge in [0.2, 0.25) is 0 Å². The van der Waals surface area contributed by atoms with Gasteiger partial charge in [-0.2, -0.15) is 0 Å². The van der Waals surface area contributed by atoms with Gasteiger partial charge in [-0.3, -0.25) is 4.90 Å². The molecule has 0 aromatic heterocycles. The fourth-order valence-corrected chi connectivity index (χ4v) is 3.53. The van der Waals surface area contributed by atoms with Gasteiger partial charge < -0.3 is 5.32 Å². The fraction of sp³-hybridized carbons (Fsp3) is 0.647. The quantitative estimate of drug-likeness (QED) is 0.842. The Hall–Kier alpha value is -0.450. The van der Waals surface area contributed by atoms with E-state index in [1.165, 1.54) is 12.8 Å². The van der Waals surface area contributed by atoms with Gasteiger partial charge in [-0.15, -0.1) is 0 Å². The Morgan fingerprint density at radius 1 is 1.29 bits per heavy atom. The molecule has 1 aromatic rings. The first-order valence-corrected chi connectivity index (χ1v) is 8.69. The van der Waals surface area contributed by atoms with Crippen LogP contribution in [0.5, 0.6) is 0 Å². The van der Waals surface area contributed by atoms with Gasteiger partial charge in [0.15, 0.2) is 0 Å². The van der Waals surface area contributed by atoms with Crippen molar-refractivity contribution in [3.8, 4) is 0 Å². The van der Waals surface area contributed by atoms with Crippen molar-refractivity contribution in [3.05, 3.63) is 34.1 Å². The van der Waals surface area contributed by atoms with Crippen LogP contribution in [0.15, 0.2) is 22.7 Å². The smallest absolute Gasteiger partial charge is 0.129 e. The summed E-state index contributed by atoms with van der Waals surface area (Å²) < 4.78 is 15.0. The molecule has 0 aliphatic carbocycles. The minimum absolute atomic E-state index is 0.105. The molecule has 1 heterocycles. The summed E-state index contributed by atoms with van der Waals surface area (Å²) in [4.78, 5) is 2.43. The van der Waals surface area contributed by atoms with Gasteiger partial charge in [-0.25, -0.2) is 4.39 Å². The van der Waals surface area contributed by atoms with Crippen LogP contribution in [0.4, 0.5) is 4.39 Å². The van der Waals surface area contributed by atoms with Crippen LogP contribution in [0.2, 0.25) is 0 Å². The number of hydrogen-bond donors (Lipinski definition) is 1. The van der Waals surface area contributed by atoms with E-state index in [2.05, 4.69) is 46.9 Å². The molecular weight excluding hydrogens is 331 g/mol. The van der Waals surface area contributed by atoms with E-state index in [1.54, 1.807) is 6.07 Å². The maximum atomic E-state index is 14.2. The Kier molecular flexibility index (Phi) is 6.20. The minimum Gasteiger partial charge on any atom is -0.317 e. The Bertz CT molecular complexity index is 458. The summed E-state index contributed by atoms with van der Waals surface area (Å²) in [5.74, 6) is 0.599. The molecule has 0 saturated carbocycles. The Labute approximate surface area is 136 Å². The van der Waals surface area contributed by atoms with Gasteiger partial charge in [-0.05, 0) is 64.8 Å². The second-order valence-corrected chi connectivity index (χ2v) is 7.24. The van der Waals surface area contributed by atoms with Crippen LogP contribution in [-0.4, -0.2) is 30.6 Å². The molecule has 1 aromatic carbocycles. The standard InChI is InChI=1S/C17H26BrFN2/c1-12(2)21(11-14-6-8-20-9-7-14)13(3)16-5-4-15(18)10-17(16)19/h4-5,10,12-14,20H,6-9,11H2,1-3H3. The summed E-state index contributed by atoms with van der Waals surface area (Å²) >= 11 is 3.33. The maximum absolute atomic E-state index is 14.2. The molecule has 1 aliphatic heterocycles. The van der Waals surface area contributed by atoms with E-state index < -0.39 is 0 Å². The van der Waals surface area contributed by atoms with Gasteiger partial charge in [0.25, 0.3) is 0 Å². The van der Waals surface area contributed by atoms with E-state index in [1.807, 2.05) is 12.1 Å². The molecule has 21 heavy (non-hydrogen) atoms. The SMILES string of the molecule is CC(C)N(CC1CCNCC1)C(C)c1ccc(Br)cc1F. The molecule has 0 bridgehead atoms. The van der Waals surface area contributed by atoms with Crippen molar-refractivity contribution in [2.75, 3.05) is 19.6 Å². The van der Waals surface area contributed by atoms with E-state index in [0.717, 1.165) is 35.6 Å². The van der Waals surface area contributed by atoms with Gasteiger partial charge in [0.1, 0.15) is 5.82 Å². The number of rotatable bonds is 5. The highest BCUT2D eigenvalue weighted by molar-refractivity contribution is 9.10. The minimum atomic E-state index is -0.118. The van der Waals surface area contributed by atoms with Crippen LogP contribution in [-0.2, 0) is 0 Å². The summed E-state index contributed by atoms with van der Waals surface area (Å²) in [7, 11) is 0. The first-order valence-electron chi connectivity index (χ1n) is 7.90. The van der Waals surface area contributed by atoms with E-state index in [-0.39, 0.29) is 11.9 Å². The van der Waals surface area contributed by atoms with Crippen LogP contribution in [0, 0.1) is 11.7 Å². The number of nitrogens with zero attached hydrogens (tertiary/aromatic N) is 1. The average Bonchev–Trinajstić information content (AvgIpc) is 2.45. The summed E-state index contributed by atoms with van der Waals surface area (Å²) in [6.07, 6.45) is 2.44. The van der Waals surface area contributed by atoms with Crippen LogP contribution in [0.1, 0.15) is 45.2 Å². The highest BCUT2D eigenvalue weighted by Crippen LogP contribution is 2.29. The van der Waals surface area contributed by atoms with E-state index >= 15 is 0 Å². The van der Waals surface area contributed by atoms with Crippen molar-refractivity contribution in [2.24, 2.45) is 5.92 Å². The van der Waals surface area contributed by atoms with Crippen LogP contribution in [0.25, 0.3) is 0 Å². The average molecular weight is 357 g/mol. The van der Waals surface area contributed by atoms with E-state index in [0.29, 0.717) is 6.04 Å². The summed E-state index contributed by atoms with van der Waals surface area (Å²) in [6.45, 7) is 9.79. The first kappa shape index (κ1) is 16.9. The predicted octanol–water partition coefficient (Wildman–Crippen LogP) is 4.36. The largest absolute Gasteiger partial charge is 0.317 e. The number of hydrogen-bond acceptors (Lipinski definition) is 2. The highest BCUT2D eigenvalue weighted by atomic mass is 79.9. The van der Waals surface area contributed by atoms with Crippen LogP contribution < -0.4 is 5.32 Å². The van der Waals surface area contributed by atoms with Gasteiger partial charge in [-0.1, -0.05) is 22.0 Å². The molecule has 1 saturated heterocycles. The maximum Gasteiger partial charge on any atom is 0.129 e. The normalized spacial score (nSPS) is 18.4. The molecule has 1 aliphatic rings. The third-order valence-electron chi connectivity index (χ3n) is 4.50. The molecule has 2 rings (SSSR count). The van der Waals surface area contributed by atoms with Gasteiger partial charge in [0.05, 0.1) is 0 Å². The van der Waals surface area contributed by atoms with E-state index in [4.69, 9.17) is 0 Å². The fourth-order valence-electron chi connectivity index (χ4n) is 3.20. The van der Waals surface area contributed by atoms with Crippen LogP contribution >= 0.6 is 15.9 Å². The van der Waals surface area contributed by atoms with E-state index in [9.17, 15) is 4.39 Å². The predicted molar refractivity (Wildman–Crippen MR) is 90.0 cm³/mol. The summed E-state index contributed by atoms with van der Waals surface area (Å²) in [5.41, 5.74) is 0.792. The second kappa shape index (κ2) is 7.70. The molecule has 4 heteroatoms. The molecule has 1 atom stereocenters. The number of halogens is 2. The monoisotopic (exact) mass is 356 g/mol. The molecule has 0 spiro atoms. The van der Waals surface area contributed by atoms with Gasteiger partial charge in [0, 0.05) is 28.7 Å². The number of nitrogens with one attached hydrogen (secondary N) is 1. The topological polar surface area (TPSA) is 15.3 Å². The zero-order valence-corrected chi connectivity index (χ0v) is 14.8. The molecule has 1 N–H and O–H groups in total. The van der Waals surface area contributed by atoms with Crippen molar-refractivity contribution >= 4 is 15.9 Å². The third-order valence-corrected chi connectivity index (χ3v) is 4.99. The number of benzene rings is 1. The molecule has 118 valence electrons. The Morgan fingerprint density at radius 3 is 2.52 bits per heavy atom. The molecule has 1 unspecified atom stereocenters. The second-order valence-electron chi connectivity index (χ2n) is 6.33. The lowest BCUT2D eigenvalue weighted by atomic mass is 9.95. The first-order chi connectivity index (χ1) is 9.99. The van der Waals surface area contributed by atoms with Crippen molar-refractivity contribution in [3.63, 3.8) is 0 Å².